The van der Waals surface area contributed by atoms with Gasteiger partial charge in [-0.15, -0.1) is 0 Å². The van der Waals surface area contributed by atoms with Crippen molar-refractivity contribution in [3.8, 4) is 0 Å². The summed E-state index contributed by atoms with van der Waals surface area (Å²) in [5.74, 6) is -3.83. The fourth-order valence-electron chi connectivity index (χ4n) is 6.34. The van der Waals surface area contributed by atoms with Crippen molar-refractivity contribution < 1.29 is 33.5 Å². The van der Waals surface area contributed by atoms with Gasteiger partial charge in [-0.2, -0.15) is 0 Å². The lowest BCUT2D eigenvalue weighted by atomic mass is 9.84. The minimum Gasteiger partial charge on any atom is -0.460 e. The fraction of sp³-hybridized carbons (Fsp3) is 0.742. The Labute approximate surface area is 248 Å². The minimum atomic E-state index is -1.05. The zero-order chi connectivity index (χ0) is 31.7. The average molecular weight is 589 g/mol. The lowest BCUT2D eigenvalue weighted by Gasteiger charge is -2.38. The van der Waals surface area contributed by atoms with E-state index in [0.29, 0.717) is 18.9 Å². The summed E-state index contributed by atoms with van der Waals surface area (Å²) in [7, 11) is 0. The lowest BCUT2D eigenvalue weighted by Crippen LogP contribution is -2.61. The van der Waals surface area contributed by atoms with Gasteiger partial charge in [0.05, 0.1) is 6.04 Å². The molecule has 2 saturated carbocycles. The van der Waals surface area contributed by atoms with E-state index in [1.807, 2.05) is 20.8 Å². The first-order valence-electron chi connectivity index (χ1n) is 14.9. The number of hydrogen-bond donors (Lipinski definition) is 3. The molecule has 4 amide bonds. The van der Waals surface area contributed by atoms with Crippen molar-refractivity contribution in [1.29, 1.82) is 0 Å². The van der Waals surface area contributed by atoms with Crippen LogP contribution in [-0.4, -0.2) is 71.6 Å². The number of nitrogens with two attached hydrogens (primary N) is 1. The summed E-state index contributed by atoms with van der Waals surface area (Å²) in [5.41, 5.74) is 4.41. The van der Waals surface area contributed by atoms with E-state index in [4.69, 9.17) is 10.5 Å². The molecule has 1 aliphatic heterocycles. The molecule has 3 aliphatic rings. The van der Waals surface area contributed by atoms with E-state index >= 15 is 0 Å². The van der Waals surface area contributed by atoms with E-state index in [2.05, 4.69) is 31.1 Å². The smallest absolute Gasteiger partial charge is 0.329 e. The third kappa shape index (κ3) is 7.39. The quantitative estimate of drug-likeness (QED) is 0.159. The number of piperidine rings is 1. The minimum absolute atomic E-state index is 0.00403. The predicted molar refractivity (Wildman–Crippen MR) is 156 cm³/mol. The number of amides is 4. The van der Waals surface area contributed by atoms with Crippen molar-refractivity contribution in [3.63, 3.8) is 0 Å². The zero-order valence-electron chi connectivity index (χ0n) is 26.0. The standard InChI is InChI=1S/C31H48N4O7/c1-9-12-42-28(40)22(16(2)3)33-29(41)34-25(30(4,5)6)27(39)35-15-19-21(31(19,7)8)23(35)20(36)14-18(13-17-10-11-17)24(37)26(32)38/h9,16-19,21-23,25H,1,10-15H2,2-8H3,(H2,32,38)(H2,33,34,41)/t18?,19-,21-,22-,23+,25+/m0/s1. The number of primary amides is 1. The molecule has 4 N–H and O–H groups in total. The Kier molecular flexibility index (Phi) is 9.94. The van der Waals surface area contributed by atoms with Crippen molar-refractivity contribution in [2.24, 2.45) is 46.2 Å². The third-order valence-corrected chi connectivity index (χ3v) is 9.14. The number of fused-ring (bicyclic) bond motifs is 1. The van der Waals surface area contributed by atoms with Crippen LogP contribution in [0.5, 0.6) is 0 Å². The van der Waals surface area contributed by atoms with Gasteiger partial charge in [0, 0.05) is 18.9 Å². The van der Waals surface area contributed by atoms with Gasteiger partial charge in [-0.05, 0) is 40.9 Å². The van der Waals surface area contributed by atoms with E-state index in [1.165, 1.54) is 6.08 Å². The molecule has 0 aromatic carbocycles. The van der Waals surface area contributed by atoms with Crippen LogP contribution in [0.1, 0.15) is 74.1 Å². The van der Waals surface area contributed by atoms with Gasteiger partial charge >= 0.3 is 12.0 Å². The SMILES string of the molecule is C=CCOC(=O)[C@@H](NC(=O)N[C@H](C(=O)N1C[C@H]2[C@@H]([C@H]1C(=O)CC(CC1CC1)C(=O)C(N)=O)C2(C)C)C(C)(C)C)C(C)C. The van der Waals surface area contributed by atoms with Crippen LogP contribution >= 0.6 is 0 Å². The molecule has 3 fully saturated rings. The summed E-state index contributed by atoms with van der Waals surface area (Å²) in [6.07, 6.45) is 3.62. The molecule has 1 heterocycles. The molecular weight excluding hydrogens is 540 g/mol. The number of ether oxygens (including phenoxy) is 1. The second-order valence-corrected chi connectivity index (χ2v) is 14.2. The first kappa shape index (κ1) is 33.3. The maximum absolute atomic E-state index is 14.1. The Bertz CT molecular complexity index is 1120. The van der Waals surface area contributed by atoms with Crippen LogP contribution in [0.3, 0.4) is 0 Å². The number of Topliss-reactive ketones (excluding diaryl/α,β-unsaturated/α-hetero) is 2. The predicted octanol–water partition coefficient (Wildman–Crippen LogP) is 2.37. The molecule has 0 bridgehead atoms. The van der Waals surface area contributed by atoms with Gasteiger partial charge in [0.2, 0.25) is 11.7 Å². The number of likely N-dealkylation sites (tertiary alicyclic amines) is 1. The Hall–Kier alpha value is -3.24. The molecule has 11 heteroatoms. The summed E-state index contributed by atoms with van der Waals surface area (Å²) < 4.78 is 5.12. The van der Waals surface area contributed by atoms with Gasteiger partial charge < -0.3 is 26.0 Å². The van der Waals surface area contributed by atoms with Crippen LogP contribution in [0.4, 0.5) is 4.79 Å². The molecular formula is C31H48N4O7. The molecule has 2 aliphatic carbocycles. The van der Waals surface area contributed by atoms with Crippen molar-refractivity contribution >= 4 is 35.4 Å². The molecule has 6 atom stereocenters. The zero-order valence-corrected chi connectivity index (χ0v) is 26.0. The highest BCUT2D eigenvalue weighted by atomic mass is 16.5. The molecule has 0 aromatic rings. The van der Waals surface area contributed by atoms with Crippen molar-refractivity contribution in [2.45, 2.75) is 92.3 Å². The van der Waals surface area contributed by atoms with Crippen LogP contribution < -0.4 is 16.4 Å². The van der Waals surface area contributed by atoms with E-state index in [0.717, 1.165) is 12.8 Å². The highest BCUT2D eigenvalue weighted by Crippen LogP contribution is 2.65. The molecule has 0 aromatic heterocycles. The number of hydrogen-bond acceptors (Lipinski definition) is 7. The van der Waals surface area contributed by atoms with Crippen LogP contribution in [0, 0.1) is 40.4 Å². The Morgan fingerprint density at radius 1 is 1.10 bits per heavy atom. The third-order valence-electron chi connectivity index (χ3n) is 9.14. The Morgan fingerprint density at radius 3 is 2.21 bits per heavy atom. The average Bonchev–Trinajstić information content (AvgIpc) is 3.74. The molecule has 42 heavy (non-hydrogen) atoms. The van der Waals surface area contributed by atoms with E-state index in [-0.39, 0.29) is 42.0 Å². The normalized spacial score (nSPS) is 24.6. The first-order valence-corrected chi connectivity index (χ1v) is 14.9. The van der Waals surface area contributed by atoms with Crippen LogP contribution in [0.2, 0.25) is 0 Å². The lowest BCUT2D eigenvalue weighted by molar-refractivity contribution is -0.145. The topological polar surface area (TPSA) is 165 Å². The molecule has 0 radical (unpaired) electrons. The largest absolute Gasteiger partial charge is 0.460 e. The molecule has 234 valence electrons. The van der Waals surface area contributed by atoms with Gasteiger partial charge in [0.1, 0.15) is 18.7 Å². The molecule has 1 unspecified atom stereocenters. The Morgan fingerprint density at radius 2 is 1.71 bits per heavy atom. The highest BCUT2D eigenvalue weighted by Gasteiger charge is 2.69. The summed E-state index contributed by atoms with van der Waals surface area (Å²) in [6, 6.07) is -3.44. The van der Waals surface area contributed by atoms with Crippen LogP contribution in [0.25, 0.3) is 0 Å². The summed E-state index contributed by atoms with van der Waals surface area (Å²) >= 11 is 0. The van der Waals surface area contributed by atoms with Gasteiger partial charge in [-0.3, -0.25) is 19.2 Å². The number of carbonyl (C=O) groups is 6. The monoisotopic (exact) mass is 588 g/mol. The van der Waals surface area contributed by atoms with Crippen molar-refractivity contribution in [2.75, 3.05) is 13.2 Å². The molecule has 11 nitrogen and oxygen atoms in total. The molecule has 3 rings (SSSR count). The Balaban J connectivity index is 1.80. The van der Waals surface area contributed by atoms with Gasteiger partial charge in [-0.25, -0.2) is 9.59 Å². The van der Waals surface area contributed by atoms with Gasteiger partial charge in [-0.1, -0.05) is 74.0 Å². The maximum Gasteiger partial charge on any atom is 0.329 e. The van der Waals surface area contributed by atoms with E-state index in [9.17, 15) is 28.8 Å². The van der Waals surface area contributed by atoms with Crippen molar-refractivity contribution in [1.82, 2.24) is 15.5 Å². The number of nitrogens with one attached hydrogen (secondary N) is 2. The summed E-state index contributed by atoms with van der Waals surface area (Å²) in [4.78, 5) is 79.4. The van der Waals surface area contributed by atoms with Gasteiger partial charge in [0.15, 0.2) is 5.78 Å². The molecule has 1 saturated heterocycles. The second kappa shape index (κ2) is 12.6. The maximum atomic E-state index is 14.1. The molecule has 0 spiro atoms. The number of nitrogens with zero attached hydrogens (tertiary/aromatic N) is 1. The fourth-order valence-corrected chi connectivity index (χ4v) is 6.34. The van der Waals surface area contributed by atoms with E-state index in [1.54, 1.807) is 18.7 Å². The number of carbonyl (C=O) groups excluding carboxylic acids is 6. The van der Waals surface area contributed by atoms with Crippen LogP contribution in [0.15, 0.2) is 12.7 Å². The van der Waals surface area contributed by atoms with Crippen molar-refractivity contribution in [3.05, 3.63) is 12.7 Å². The summed E-state index contributed by atoms with van der Waals surface area (Å²) in [5, 5.41) is 5.39. The number of esters is 1. The number of rotatable bonds is 14. The summed E-state index contributed by atoms with van der Waals surface area (Å²) in [6.45, 7) is 17.0. The van der Waals surface area contributed by atoms with E-state index < -0.39 is 59.1 Å². The second-order valence-electron chi connectivity index (χ2n) is 14.2. The van der Waals surface area contributed by atoms with Gasteiger partial charge in [0.25, 0.3) is 5.91 Å². The first-order chi connectivity index (χ1) is 19.4. The number of ketones is 2. The van der Waals surface area contributed by atoms with Crippen LogP contribution in [-0.2, 0) is 28.7 Å². The number of urea groups is 1. The highest BCUT2D eigenvalue weighted by molar-refractivity contribution is 6.36.